The first kappa shape index (κ1) is 14.4. The van der Waals surface area contributed by atoms with Gasteiger partial charge in [0.05, 0.1) is 23.3 Å². The second-order valence-corrected chi connectivity index (χ2v) is 6.26. The second kappa shape index (κ2) is 6.06. The molecule has 0 saturated carbocycles. The monoisotopic (exact) mass is 305 g/mol. The van der Waals surface area contributed by atoms with Gasteiger partial charge in [0.2, 0.25) is 5.91 Å². The highest BCUT2D eigenvalue weighted by atomic mass is 35.5. The molecule has 0 unspecified atom stereocenters. The number of nitrogens with zero attached hydrogens (tertiary/aromatic N) is 3. The van der Waals surface area contributed by atoms with Crippen molar-refractivity contribution < 1.29 is 4.79 Å². The van der Waals surface area contributed by atoms with E-state index < -0.39 is 0 Å². The smallest absolute Gasteiger partial charge is 0.224 e. The zero-order valence-corrected chi connectivity index (χ0v) is 13.0. The molecule has 1 aliphatic rings. The lowest BCUT2D eigenvalue weighted by molar-refractivity contribution is -0.132. The van der Waals surface area contributed by atoms with Gasteiger partial charge in [-0.2, -0.15) is 5.10 Å². The third-order valence-electron chi connectivity index (χ3n) is 4.31. The van der Waals surface area contributed by atoms with E-state index in [1.807, 2.05) is 27.8 Å². The average molecular weight is 306 g/mol. The molecule has 0 atom stereocenters. The van der Waals surface area contributed by atoms with Gasteiger partial charge < -0.3 is 4.90 Å². The second-order valence-electron chi connectivity index (χ2n) is 5.85. The van der Waals surface area contributed by atoms with Gasteiger partial charge in [0, 0.05) is 24.9 Å². The van der Waals surface area contributed by atoms with Gasteiger partial charge in [-0.1, -0.05) is 24.6 Å². The summed E-state index contributed by atoms with van der Waals surface area (Å²) in [4.78, 5) is 14.2. The highest BCUT2D eigenvalue weighted by Gasteiger charge is 2.20. The number of rotatable bonds is 3. The lowest BCUT2D eigenvalue weighted by atomic mass is 9.99. The standard InChI is InChI=1S/C16H20ClN3O/c1-12-5-8-19(9-6-12)16(21)7-10-20-15-4-2-3-14(17)13(15)11-18-20/h2-4,11-12H,5-10H2,1H3. The molecular weight excluding hydrogens is 286 g/mol. The Labute approximate surface area is 129 Å². The first-order valence-electron chi connectivity index (χ1n) is 7.53. The van der Waals surface area contributed by atoms with Gasteiger partial charge in [0.1, 0.15) is 0 Å². The molecule has 4 nitrogen and oxygen atoms in total. The highest BCUT2D eigenvalue weighted by molar-refractivity contribution is 6.35. The molecule has 2 aromatic rings. The molecule has 2 heterocycles. The predicted molar refractivity (Wildman–Crippen MR) is 84.3 cm³/mol. The SMILES string of the molecule is CC1CCN(C(=O)CCn2ncc3c(Cl)cccc32)CC1. The Morgan fingerprint density at radius 2 is 2.14 bits per heavy atom. The van der Waals surface area contributed by atoms with E-state index in [0.29, 0.717) is 18.0 Å². The van der Waals surface area contributed by atoms with E-state index >= 15 is 0 Å². The summed E-state index contributed by atoms with van der Waals surface area (Å²) in [7, 11) is 0. The Morgan fingerprint density at radius 3 is 2.90 bits per heavy atom. The van der Waals surface area contributed by atoms with Crippen LogP contribution in [0.15, 0.2) is 24.4 Å². The van der Waals surface area contributed by atoms with Crippen molar-refractivity contribution >= 4 is 28.4 Å². The maximum absolute atomic E-state index is 12.3. The van der Waals surface area contributed by atoms with Crippen LogP contribution >= 0.6 is 11.6 Å². The van der Waals surface area contributed by atoms with E-state index in [0.717, 1.165) is 42.8 Å². The molecule has 0 aliphatic carbocycles. The van der Waals surface area contributed by atoms with Crippen LogP contribution in [0, 0.1) is 5.92 Å². The summed E-state index contributed by atoms with van der Waals surface area (Å²) < 4.78 is 1.87. The molecule has 112 valence electrons. The molecule has 0 bridgehead atoms. The van der Waals surface area contributed by atoms with E-state index in [2.05, 4.69) is 12.0 Å². The maximum atomic E-state index is 12.3. The lowest BCUT2D eigenvalue weighted by Crippen LogP contribution is -2.38. The Balaban J connectivity index is 1.64. The van der Waals surface area contributed by atoms with Crippen LogP contribution in [0.2, 0.25) is 5.02 Å². The number of hydrogen-bond donors (Lipinski definition) is 0. The third kappa shape index (κ3) is 3.05. The van der Waals surface area contributed by atoms with Gasteiger partial charge in [0.25, 0.3) is 0 Å². The summed E-state index contributed by atoms with van der Waals surface area (Å²) in [6.45, 7) is 4.65. The number of halogens is 1. The van der Waals surface area contributed by atoms with E-state index in [4.69, 9.17) is 11.6 Å². The van der Waals surface area contributed by atoms with Crippen LogP contribution < -0.4 is 0 Å². The van der Waals surface area contributed by atoms with Crippen molar-refractivity contribution in [1.82, 2.24) is 14.7 Å². The number of carbonyl (C=O) groups is 1. The summed E-state index contributed by atoms with van der Waals surface area (Å²) in [6.07, 6.45) is 4.50. The van der Waals surface area contributed by atoms with E-state index in [-0.39, 0.29) is 5.91 Å². The lowest BCUT2D eigenvalue weighted by Gasteiger charge is -2.30. The maximum Gasteiger partial charge on any atom is 0.224 e. The molecular formula is C16H20ClN3O. The van der Waals surface area contributed by atoms with Gasteiger partial charge in [-0.25, -0.2) is 0 Å². The Kier molecular flexibility index (Phi) is 4.15. The predicted octanol–water partition coefficient (Wildman–Crippen LogP) is 3.34. The largest absolute Gasteiger partial charge is 0.343 e. The van der Waals surface area contributed by atoms with Crippen LogP contribution in [-0.4, -0.2) is 33.7 Å². The number of hydrogen-bond acceptors (Lipinski definition) is 2. The fourth-order valence-corrected chi connectivity index (χ4v) is 3.08. The minimum Gasteiger partial charge on any atom is -0.343 e. The summed E-state index contributed by atoms with van der Waals surface area (Å²) in [5, 5.41) is 5.99. The zero-order chi connectivity index (χ0) is 14.8. The van der Waals surface area contributed by atoms with E-state index in [9.17, 15) is 4.79 Å². The van der Waals surface area contributed by atoms with Gasteiger partial charge >= 0.3 is 0 Å². The van der Waals surface area contributed by atoms with E-state index in [1.54, 1.807) is 6.20 Å². The first-order valence-corrected chi connectivity index (χ1v) is 7.91. The van der Waals surface area contributed by atoms with Crippen LogP contribution in [0.3, 0.4) is 0 Å². The number of likely N-dealkylation sites (tertiary alicyclic amines) is 1. The summed E-state index contributed by atoms with van der Waals surface area (Å²) in [5.74, 6) is 0.971. The van der Waals surface area contributed by atoms with Crippen molar-refractivity contribution in [2.45, 2.75) is 32.7 Å². The fraction of sp³-hybridized carbons (Fsp3) is 0.500. The Bertz CT molecular complexity index is 644. The van der Waals surface area contributed by atoms with Gasteiger partial charge in [-0.3, -0.25) is 9.48 Å². The summed E-state index contributed by atoms with van der Waals surface area (Å²) in [5.41, 5.74) is 0.988. The molecule has 1 fully saturated rings. The molecule has 3 rings (SSSR count). The number of piperidine rings is 1. The minimum absolute atomic E-state index is 0.229. The van der Waals surface area contributed by atoms with Crippen LogP contribution in [0.1, 0.15) is 26.2 Å². The summed E-state index contributed by atoms with van der Waals surface area (Å²) in [6, 6.07) is 5.76. The average Bonchev–Trinajstić information content (AvgIpc) is 2.90. The van der Waals surface area contributed by atoms with Crippen LogP contribution in [0.5, 0.6) is 0 Å². The molecule has 1 aromatic heterocycles. The van der Waals surface area contributed by atoms with Crippen molar-refractivity contribution in [1.29, 1.82) is 0 Å². The number of amides is 1. The summed E-state index contributed by atoms with van der Waals surface area (Å²) >= 11 is 6.14. The molecule has 1 aliphatic heterocycles. The molecule has 0 N–H and O–H groups in total. The minimum atomic E-state index is 0.229. The van der Waals surface area contributed by atoms with Crippen LogP contribution in [0.4, 0.5) is 0 Å². The molecule has 1 saturated heterocycles. The van der Waals surface area contributed by atoms with Crippen LogP contribution in [0.25, 0.3) is 10.9 Å². The molecule has 0 radical (unpaired) electrons. The van der Waals surface area contributed by atoms with Crippen molar-refractivity contribution in [2.75, 3.05) is 13.1 Å². The molecule has 1 amide bonds. The van der Waals surface area contributed by atoms with Gasteiger partial charge in [0.15, 0.2) is 0 Å². The zero-order valence-electron chi connectivity index (χ0n) is 12.3. The topological polar surface area (TPSA) is 38.1 Å². The van der Waals surface area contributed by atoms with Gasteiger partial charge in [-0.15, -0.1) is 0 Å². The van der Waals surface area contributed by atoms with Crippen molar-refractivity contribution in [3.63, 3.8) is 0 Å². The molecule has 1 aromatic carbocycles. The molecule has 21 heavy (non-hydrogen) atoms. The van der Waals surface area contributed by atoms with Crippen molar-refractivity contribution in [3.05, 3.63) is 29.4 Å². The quantitative estimate of drug-likeness (QED) is 0.872. The Morgan fingerprint density at radius 1 is 1.38 bits per heavy atom. The van der Waals surface area contributed by atoms with Crippen molar-refractivity contribution in [3.8, 4) is 0 Å². The highest BCUT2D eigenvalue weighted by Crippen LogP contribution is 2.23. The molecule has 5 heteroatoms. The van der Waals surface area contributed by atoms with Crippen LogP contribution in [-0.2, 0) is 11.3 Å². The van der Waals surface area contributed by atoms with E-state index in [1.165, 1.54) is 0 Å². The fourth-order valence-electron chi connectivity index (χ4n) is 2.86. The first-order chi connectivity index (χ1) is 10.1. The number of aromatic nitrogens is 2. The number of benzene rings is 1. The number of carbonyl (C=O) groups excluding carboxylic acids is 1. The van der Waals surface area contributed by atoms with Crippen molar-refractivity contribution in [2.24, 2.45) is 5.92 Å². The number of fused-ring (bicyclic) bond motifs is 1. The number of aryl methyl sites for hydroxylation is 1. The third-order valence-corrected chi connectivity index (χ3v) is 4.64. The normalized spacial score (nSPS) is 16.6. The Hall–Kier alpha value is -1.55. The van der Waals surface area contributed by atoms with Gasteiger partial charge in [-0.05, 0) is 30.9 Å². The molecule has 0 spiro atoms.